The lowest BCUT2D eigenvalue weighted by atomic mass is 10.1. The molecule has 5 unspecified atom stereocenters. The van der Waals surface area contributed by atoms with Gasteiger partial charge in [-0.2, -0.15) is 0 Å². The molecule has 1 fully saturated rings. The maximum Gasteiger partial charge on any atom is 0.0892 e. The lowest BCUT2D eigenvalue weighted by molar-refractivity contribution is -0.186. The van der Waals surface area contributed by atoms with Crippen LogP contribution in [0.25, 0.3) is 0 Å². The molecular weight excluding hydrogens is 295 g/mol. The van der Waals surface area contributed by atoms with Gasteiger partial charge in [-0.15, -0.1) is 0 Å². The summed E-state index contributed by atoms with van der Waals surface area (Å²) in [5, 5.41) is 0. The predicted molar refractivity (Wildman–Crippen MR) is 83.5 cm³/mol. The molecule has 1 aliphatic rings. The minimum atomic E-state index is -2.94. The zero-order valence-corrected chi connectivity index (χ0v) is 15.1. The van der Waals surface area contributed by atoms with Crippen molar-refractivity contribution < 1.29 is 18.9 Å². The average Bonchev–Trinajstić information content (AvgIpc) is 2.61. The van der Waals surface area contributed by atoms with E-state index in [0.29, 0.717) is 12.5 Å². The third-order valence-electron chi connectivity index (χ3n) is 3.83. The van der Waals surface area contributed by atoms with Crippen molar-refractivity contribution in [3.8, 4) is 0 Å². The van der Waals surface area contributed by atoms with Crippen molar-refractivity contribution in [3.63, 3.8) is 0 Å². The van der Waals surface area contributed by atoms with E-state index in [4.69, 9.17) is 25.8 Å². The number of methoxy groups -OCH3 is 1. The van der Waals surface area contributed by atoms with Crippen LogP contribution < -0.4 is 4.89 Å². The Kier molecular flexibility index (Phi) is 7.10. The molecule has 1 saturated carbocycles. The highest BCUT2D eigenvalue weighted by atomic mass is 32.5. The molecule has 120 valence electrons. The third kappa shape index (κ3) is 4.75. The molecule has 0 amide bonds. The van der Waals surface area contributed by atoms with E-state index < -0.39 is 6.49 Å². The Labute approximate surface area is 128 Å². The van der Waals surface area contributed by atoms with Gasteiger partial charge in [0.25, 0.3) is 0 Å². The molecule has 4 nitrogen and oxygen atoms in total. The minimum Gasteiger partial charge on any atom is -0.801 e. The summed E-state index contributed by atoms with van der Waals surface area (Å²) in [6, 6.07) is 0. The Morgan fingerprint density at radius 2 is 1.85 bits per heavy atom. The van der Waals surface area contributed by atoms with Crippen LogP contribution in [0, 0.1) is 11.8 Å². The van der Waals surface area contributed by atoms with E-state index in [0.717, 1.165) is 6.42 Å². The van der Waals surface area contributed by atoms with Crippen LogP contribution in [0.4, 0.5) is 0 Å². The van der Waals surface area contributed by atoms with E-state index in [9.17, 15) is 4.89 Å². The summed E-state index contributed by atoms with van der Waals surface area (Å²) in [4.78, 5) is 12.2. The van der Waals surface area contributed by atoms with Crippen molar-refractivity contribution in [2.24, 2.45) is 11.8 Å². The fourth-order valence-electron chi connectivity index (χ4n) is 2.72. The fourth-order valence-corrected chi connectivity index (χ4v) is 3.60. The quantitative estimate of drug-likeness (QED) is 0.674. The Balaban J connectivity index is 2.69. The van der Waals surface area contributed by atoms with Gasteiger partial charge in [0.2, 0.25) is 0 Å². The van der Waals surface area contributed by atoms with Gasteiger partial charge in [-0.1, -0.05) is 32.6 Å². The number of rotatable bonds is 7. The molecular formula is C14H28O4PS-. The lowest BCUT2D eigenvalue weighted by Gasteiger charge is -2.34. The lowest BCUT2D eigenvalue weighted by Crippen LogP contribution is -2.36. The molecule has 0 N–H and O–H groups in total. The standard InChI is InChI=1S/C14H29O4PS/c1-9(2)18-14-12(7-11(5)13(14)16-6)8-17-19(15,20)10(3)4/h9-14H,7-8H2,1-6H3,(H,15,20)/p-1. The van der Waals surface area contributed by atoms with Crippen LogP contribution in [0.3, 0.4) is 0 Å². The predicted octanol–water partition coefficient (Wildman–Crippen LogP) is 2.55. The largest absolute Gasteiger partial charge is 0.801 e. The van der Waals surface area contributed by atoms with Crippen LogP contribution in [0.15, 0.2) is 0 Å². The highest BCUT2D eigenvalue weighted by Crippen LogP contribution is 2.45. The van der Waals surface area contributed by atoms with Crippen molar-refractivity contribution in [3.05, 3.63) is 0 Å². The first-order valence-corrected chi connectivity index (χ1v) is 10.0. The first-order chi connectivity index (χ1) is 9.19. The van der Waals surface area contributed by atoms with Crippen molar-refractivity contribution >= 4 is 18.3 Å². The summed E-state index contributed by atoms with van der Waals surface area (Å²) in [5.41, 5.74) is -0.126. The van der Waals surface area contributed by atoms with Gasteiger partial charge in [0.1, 0.15) is 0 Å². The second-order valence-electron chi connectivity index (χ2n) is 6.25. The van der Waals surface area contributed by atoms with Crippen molar-refractivity contribution in [1.29, 1.82) is 0 Å². The van der Waals surface area contributed by atoms with Crippen LogP contribution in [-0.2, 0) is 25.8 Å². The van der Waals surface area contributed by atoms with Gasteiger partial charge in [-0.05, 0) is 38.3 Å². The normalized spacial score (nSPS) is 33.9. The van der Waals surface area contributed by atoms with Crippen LogP contribution in [0.2, 0.25) is 0 Å². The van der Waals surface area contributed by atoms with E-state index in [-0.39, 0.29) is 29.9 Å². The van der Waals surface area contributed by atoms with E-state index in [1.54, 1.807) is 7.11 Å². The molecule has 1 rings (SSSR count). The molecule has 1 aliphatic carbocycles. The molecule has 20 heavy (non-hydrogen) atoms. The van der Waals surface area contributed by atoms with Gasteiger partial charge in [0, 0.05) is 13.0 Å². The number of ether oxygens (including phenoxy) is 2. The monoisotopic (exact) mass is 323 g/mol. The van der Waals surface area contributed by atoms with Crippen LogP contribution >= 0.6 is 6.49 Å². The molecule has 5 atom stereocenters. The van der Waals surface area contributed by atoms with Gasteiger partial charge in [-0.25, -0.2) is 0 Å². The summed E-state index contributed by atoms with van der Waals surface area (Å²) in [7, 11) is 1.72. The smallest absolute Gasteiger partial charge is 0.0892 e. The summed E-state index contributed by atoms with van der Waals surface area (Å²) >= 11 is 5.08. The Morgan fingerprint density at radius 3 is 2.30 bits per heavy atom. The van der Waals surface area contributed by atoms with Gasteiger partial charge in [-0.3, -0.25) is 0 Å². The maximum atomic E-state index is 12.2. The topological polar surface area (TPSA) is 50.8 Å². The average molecular weight is 323 g/mol. The highest BCUT2D eigenvalue weighted by Gasteiger charge is 2.43. The first kappa shape index (κ1) is 18.5. The van der Waals surface area contributed by atoms with E-state index in [1.807, 2.05) is 27.7 Å². The van der Waals surface area contributed by atoms with Gasteiger partial charge >= 0.3 is 0 Å². The van der Waals surface area contributed by atoms with E-state index >= 15 is 0 Å². The summed E-state index contributed by atoms with van der Waals surface area (Å²) in [5.74, 6) is 0.591. The van der Waals surface area contributed by atoms with Gasteiger partial charge < -0.3 is 18.9 Å². The highest BCUT2D eigenvalue weighted by molar-refractivity contribution is 8.09. The Morgan fingerprint density at radius 1 is 1.25 bits per heavy atom. The summed E-state index contributed by atoms with van der Waals surface area (Å²) in [6.45, 7) is 7.31. The summed E-state index contributed by atoms with van der Waals surface area (Å²) in [6.07, 6.45) is 1.13. The maximum absolute atomic E-state index is 12.2. The molecule has 0 saturated heterocycles. The van der Waals surface area contributed by atoms with E-state index in [1.165, 1.54) is 0 Å². The first-order valence-electron chi connectivity index (χ1n) is 7.32. The second kappa shape index (κ2) is 7.66. The molecule has 0 aromatic heterocycles. The van der Waals surface area contributed by atoms with Crippen LogP contribution in [-0.4, -0.2) is 37.7 Å². The van der Waals surface area contributed by atoms with Crippen LogP contribution in [0.5, 0.6) is 0 Å². The minimum absolute atomic E-state index is 0.0165. The SMILES string of the molecule is COC1C(C)CC(COP([O-])(=S)C(C)C)C1OC(C)C. The molecule has 0 aliphatic heterocycles. The molecule has 6 heteroatoms. The number of hydrogen-bond donors (Lipinski definition) is 0. The summed E-state index contributed by atoms with van der Waals surface area (Å²) < 4.78 is 17.1. The molecule has 0 aromatic rings. The molecule has 0 radical (unpaired) electrons. The molecule has 0 bridgehead atoms. The van der Waals surface area contributed by atoms with E-state index in [2.05, 4.69) is 6.92 Å². The molecule has 0 aromatic carbocycles. The fraction of sp³-hybridized carbons (Fsp3) is 1.00. The van der Waals surface area contributed by atoms with Gasteiger partial charge in [0.15, 0.2) is 0 Å². The van der Waals surface area contributed by atoms with Crippen molar-refractivity contribution in [1.82, 2.24) is 0 Å². The molecule has 0 spiro atoms. The van der Waals surface area contributed by atoms with Crippen molar-refractivity contribution in [2.45, 2.75) is 65.0 Å². The van der Waals surface area contributed by atoms with Crippen LogP contribution in [0.1, 0.15) is 41.0 Å². The Hall–Kier alpha value is 0.490. The Bertz CT molecular complexity index is 348. The molecule has 0 heterocycles. The van der Waals surface area contributed by atoms with Crippen molar-refractivity contribution in [2.75, 3.05) is 13.7 Å². The number of hydrogen-bond acceptors (Lipinski definition) is 5. The zero-order valence-electron chi connectivity index (χ0n) is 13.4. The third-order valence-corrected chi connectivity index (χ3v) is 7.18. The second-order valence-corrected chi connectivity index (χ2v) is 10.1. The zero-order chi connectivity index (χ0) is 15.5. The van der Waals surface area contributed by atoms with Gasteiger partial charge in [0.05, 0.1) is 24.9 Å².